The van der Waals surface area contributed by atoms with Crippen molar-refractivity contribution in [2.45, 2.75) is 12.8 Å². The van der Waals surface area contributed by atoms with E-state index >= 15 is 0 Å². The molecule has 1 aliphatic carbocycles. The molecular formula is C21H19NO6. The first-order chi connectivity index (χ1) is 13.3. The molecule has 2 aromatic carbocycles. The number of nitrogens with zero attached hydrogens (tertiary/aromatic N) is 1. The van der Waals surface area contributed by atoms with Gasteiger partial charge in [0.05, 0.1) is 4.92 Å². The molecule has 1 saturated carbocycles. The fourth-order valence-electron chi connectivity index (χ4n) is 4.38. The predicted molar refractivity (Wildman–Crippen MR) is 100 cm³/mol. The minimum atomic E-state index is -2.13. The lowest BCUT2D eigenvalue weighted by atomic mass is 9.81. The quantitative estimate of drug-likeness (QED) is 0.412. The molecule has 0 bridgehead atoms. The number of hydrogen-bond donors (Lipinski definition) is 2. The molecule has 1 fully saturated rings. The van der Waals surface area contributed by atoms with E-state index < -0.39 is 33.6 Å². The first-order valence-corrected chi connectivity index (χ1v) is 8.71. The second kappa shape index (κ2) is 7.26. The number of nitro groups is 1. The van der Waals surface area contributed by atoms with Gasteiger partial charge in [-0.1, -0.05) is 60.7 Å². The number of allylic oxidation sites excluding steroid dienone is 1. The molecule has 144 valence electrons. The highest BCUT2D eigenvalue weighted by molar-refractivity contribution is 6.05. The van der Waals surface area contributed by atoms with Gasteiger partial charge in [-0.05, 0) is 30.0 Å². The molecule has 0 aromatic heterocycles. The normalized spacial score (nSPS) is 19.2. The Morgan fingerprint density at radius 1 is 0.929 bits per heavy atom. The van der Waals surface area contributed by atoms with Crippen LogP contribution < -0.4 is 0 Å². The number of carbonyl (C=O) groups is 2. The molecule has 7 nitrogen and oxygen atoms in total. The van der Waals surface area contributed by atoms with E-state index in [-0.39, 0.29) is 12.8 Å². The monoisotopic (exact) mass is 381 g/mol. The average Bonchev–Trinajstić information content (AvgIpc) is 3.23. The minimum absolute atomic E-state index is 0.175. The molecule has 7 heteroatoms. The Hall–Kier alpha value is -3.48. The van der Waals surface area contributed by atoms with Crippen molar-refractivity contribution in [3.8, 4) is 0 Å². The highest BCUT2D eigenvalue weighted by Gasteiger charge is 2.84. The van der Waals surface area contributed by atoms with Gasteiger partial charge in [0, 0.05) is 11.3 Å². The fourth-order valence-corrected chi connectivity index (χ4v) is 4.38. The Labute approximate surface area is 161 Å². The Bertz CT molecular complexity index is 867. The standard InChI is InChI=1S/C21H19NO6/c23-18(24)21(19(25)26)17(11-12-22(27)28)20(21,13-15-7-3-1-4-8-15)14-16-9-5-2-6-10-16/h1-12,17H,13-14H2,(H,23,24)(H,25,26)/b12-11+. The summed E-state index contributed by atoms with van der Waals surface area (Å²) in [5.74, 6) is -3.98. The maximum atomic E-state index is 12.2. The number of rotatable bonds is 8. The second-order valence-electron chi connectivity index (χ2n) is 7.00. The number of hydrogen-bond acceptors (Lipinski definition) is 4. The van der Waals surface area contributed by atoms with Crippen LogP contribution >= 0.6 is 0 Å². The molecule has 0 spiro atoms. The van der Waals surface area contributed by atoms with Crippen molar-refractivity contribution in [3.05, 3.63) is 94.2 Å². The lowest BCUT2D eigenvalue weighted by Gasteiger charge is -2.21. The van der Waals surface area contributed by atoms with Crippen LogP contribution in [0.1, 0.15) is 11.1 Å². The van der Waals surface area contributed by atoms with E-state index in [0.717, 1.165) is 17.2 Å². The van der Waals surface area contributed by atoms with Gasteiger partial charge in [-0.3, -0.25) is 19.7 Å². The van der Waals surface area contributed by atoms with E-state index in [2.05, 4.69) is 0 Å². The summed E-state index contributed by atoms with van der Waals surface area (Å²) in [5, 5.41) is 30.7. The summed E-state index contributed by atoms with van der Waals surface area (Å²) in [7, 11) is 0. The molecule has 0 saturated heterocycles. The van der Waals surface area contributed by atoms with Crippen molar-refractivity contribution in [2.75, 3.05) is 0 Å². The maximum Gasteiger partial charge on any atom is 0.322 e. The van der Waals surface area contributed by atoms with E-state index in [1.54, 1.807) is 48.5 Å². The van der Waals surface area contributed by atoms with Gasteiger partial charge < -0.3 is 10.2 Å². The van der Waals surface area contributed by atoms with Crippen LogP contribution in [0.4, 0.5) is 0 Å². The lowest BCUT2D eigenvalue weighted by Crippen LogP contribution is -2.34. The average molecular weight is 381 g/mol. The van der Waals surface area contributed by atoms with Gasteiger partial charge in [0.1, 0.15) is 0 Å². The van der Waals surface area contributed by atoms with Crippen molar-refractivity contribution < 1.29 is 24.7 Å². The van der Waals surface area contributed by atoms with Crippen molar-refractivity contribution in [1.29, 1.82) is 0 Å². The maximum absolute atomic E-state index is 12.2. The third kappa shape index (κ3) is 3.05. The van der Waals surface area contributed by atoms with Gasteiger partial charge in [-0.25, -0.2) is 0 Å². The summed E-state index contributed by atoms with van der Waals surface area (Å²) in [6.45, 7) is 0. The van der Waals surface area contributed by atoms with E-state index in [9.17, 15) is 29.9 Å². The Morgan fingerprint density at radius 2 is 1.36 bits per heavy atom. The molecule has 3 rings (SSSR count). The molecule has 0 aliphatic heterocycles. The molecule has 28 heavy (non-hydrogen) atoms. The molecule has 2 aromatic rings. The molecule has 1 unspecified atom stereocenters. The summed E-state index contributed by atoms with van der Waals surface area (Å²) >= 11 is 0. The molecule has 1 atom stereocenters. The van der Waals surface area contributed by atoms with E-state index in [1.165, 1.54) is 0 Å². The van der Waals surface area contributed by atoms with Gasteiger partial charge >= 0.3 is 11.9 Å². The summed E-state index contributed by atoms with van der Waals surface area (Å²) in [5.41, 5.74) is -1.80. The number of carboxylic acid groups (broad SMARTS) is 2. The van der Waals surface area contributed by atoms with Gasteiger partial charge in [0.2, 0.25) is 6.20 Å². The fraction of sp³-hybridized carbons (Fsp3) is 0.238. The lowest BCUT2D eigenvalue weighted by molar-refractivity contribution is -0.402. The molecule has 2 N–H and O–H groups in total. The SMILES string of the molecule is O=C(O)C1(C(=O)O)C(/C=C/[N+](=O)[O-])C1(Cc1ccccc1)Cc1ccccc1. The van der Waals surface area contributed by atoms with Gasteiger partial charge in [0.15, 0.2) is 5.41 Å². The Morgan fingerprint density at radius 3 is 1.71 bits per heavy atom. The van der Waals surface area contributed by atoms with E-state index in [1.807, 2.05) is 12.1 Å². The number of benzene rings is 2. The highest BCUT2D eigenvalue weighted by Crippen LogP contribution is 2.73. The van der Waals surface area contributed by atoms with Crippen LogP contribution in [0.3, 0.4) is 0 Å². The van der Waals surface area contributed by atoms with Crippen LogP contribution in [0.2, 0.25) is 0 Å². The highest BCUT2D eigenvalue weighted by atomic mass is 16.6. The summed E-state index contributed by atoms with van der Waals surface area (Å²) in [6.07, 6.45) is 2.11. The minimum Gasteiger partial charge on any atom is -0.480 e. The molecular weight excluding hydrogens is 362 g/mol. The van der Waals surface area contributed by atoms with Crippen molar-refractivity contribution in [1.82, 2.24) is 0 Å². The van der Waals surface area contributed by atoms with Crippen LogP contribution in [0.25, 0.3) is 0 Å². The van der Waals surface area contributed by atoms with Crippen molar-refractivity contribution in [3.63, 3.8) is 0 Å². The zero-order valence-electron chi connectivity index (χ0n) is 14.9. The zero-order chi connectivity index (χ0) is 20.4. The van der Waals surface area contributed by atoms with Crippen LogP contribution in [-0.4, -0.2) is 27.1 Å². The van der Waals surface area contributed by atoms with Crippen molar-refractivity contribution in [2.24, 2.45) is 16.7 Å². The number of aliphatic carboxylic acids is 2. The Kier molecular flexibility index (Phi) is 5.00. The predicted octanol–water partition coefficient (Wildman–Crippen LogP) is 3.03. The third-order valence-electron chi connectivity index (χ3n) is 5.56. The molecule has 0 radical (unpaired) electrons. The van der Waals surface area contributed by atoms with Gasteiger partial charge in [0.25, 0.3) is 0 Å². The first kappa shape index (κ1) is 19.3. The summed E-state index contributed by atoms with van der Waals surface area (Å²) < 4.78 is 0. The van der Waals surface area contributed by atoms with Crippen LogP contribution in [0, 0.1) is 26.9 Å². The summed E-state index contributed by atoms with van der Waals surface area (Å²) in [4.78, 5) is 34.5. The molecule has 0 amide bonds. The van der Waals surface area contributed by atoms with E-state index in [0.29, 0.717) is 6.20 Å². The Balaban J connectivity index is 2.15. The largest absolute Gasteiger partial charge is 0.480 e. The first-order valence-electron chi connectivity index (χ1n) is 8.71. The third-order valence-corrected chi connectivity index (χ3v) is 5.56. The summed E-state index contributed by atoms with van der Waals surface area (Å²) in [6, 6.07) is 18.0. The van der Waals surface area contributed by atoms with Crippen LogP contribution in [0.15, 0.2) is 72.9 Å². The smallest absolute Gasteiger partial charge is 0.322 e. The molecule has 1 aliphatic rings. The van der Waals surface area contributed by atoms with E-state index in [4.69, 9.17) is 0 Å². The number of carboxylic acids is 2. The van der Waals surface area contributed by atoms with Crippen LogP contribution in [0.5, 0.6) is 0 Å². The van der Waals surface area contributed by atoms with Gasteiger partial charge in [-0.15, -0.1) is 0 Å². The zero-order valence-corrected chi connectivity index (χ0v) is 14.9. The topological polar surface area (TPSA) is 118 Å². The second-order valence-corrected chi connectivity index (χ2v) is 7.00. The molecule has 0 heterocycles. The van der Waals surface area contributed by atoms with Gasteiger partial charge in [-0.2, -0.15) is 0 Å². The van der Waals surface area contributed by atoms with Crippen LogP contribution in [-0.2, 0) is 22.4 Å². The van der Waals surface area contributed by atoms with Crippen molar-refractivity contribution >= 4 is 11.9 Å².